The van der Waals surface area contributed by atoms with Crippen LogP contribution in [0.3, 0.4) is 0 Å². The number of benzene rings is 2. The zero-order valence-corrected chi connectivity index (χ0v) is 14.1. The minimum Gasteiger partial charge on any atom is -0.489 e. The summed E-state index contributed by atoms with van der Waals surface area (Å²) in [6.45, 7) is 4.55. The average Bonchev–Trinajstić information content (AvgIpc) is 2.56. The number of anilines is 2. The van der Waals surface area contributed by atoms with Gasteiger partial charge in [0.25, 0.3) is 0 Å². The number of nitrogens with one attached hydrogen (secondary N) is 1. The van der Waals surface area contributed by atoms with Crippen LogP contribution in [0.5, 0.6) is 5.75 Å². The number of nitrogens with zero attached hydrogens (tertiary/aromatic N) is 1. The van der Waals surface area contributed by atoms with Crippen molar-refractivity contribution in [2.24, 2.45) is 0 Å². The zero-order valence-electron chi connectivity index (χ0n) is 13.2. The van der Waals surface area contributed by atoms with Crippen LogP contribution in [0.25, 0.3) is 0 Å². The Labute approximate surface area is 137 Å². The van der Waals surface area contributed by atoms with E-state index in [1.165, 1.54) is 4.31 Å². The van der Waals surface area contributed by atoms with E-state index in [4.69, 9.17) is 4.74 Å². The summed E-state index contributed by atoms with van der Waals surface area (Å²) in [5.74, 6) is 0.588. The number of ether oxygens (including phenoxy) is 1. The first-order valence-electron chi connectivity index (χ1n) is 7.63. The maximum absolute atomic E-state index is 12.9. The molecule has 2 aromatic carbocycles. The molecule has 0 aliphatic carbocycles. The molecule has 0 unspecified atom stereocenters. The SMILES string of the molecule is CCc1cccc(C)c1NS(=O)(=O)N1CCOc2ccccc21. The molecule has 0 atom stereocenters. The molecule has 0 saturated carbocycles. The number of aryl methyl sites for hydroxylation is 2. The van der Waals surface area contributed by atoms with Crippen molar-refractivity contribution in [3.05, 3.63) is 53.6 Å². The standard InChI is InChI=1S/C17H20N2O3S/c1-3-14-8-6-7-13(2)17(14)18-23(20,21)19-11-12-22-16-10-5-4-9-15(16)19/h4-10,18H,3,11-12H2,1-2H3. The Morgan fingerprint density at radius 1 is 1.17 bits per heavy atom. The molecule has 1 aliphatic rings. The Morgan fingerprint density at radius 3 is 2.74 bits per heavy atom. The Bertz CT molecular complexity index is 818. The summed E-state index contributed by atoms with van der Waals surface area (Å²) in [6.07, 6.45) is 0.763. The topological polar surface area (TPSA) is 58.6 Å². The molecule has 2 aromatic rings. The first kappa shape index (κ1) is 15.7. The smallest absolute Gasteiger partial charge is 0.324 e. The number of rotatable bonds is 4. The van der Waals surface area contributed by atoms with Gasteiger partial charge in [0.2, 0.25) is 0 Å². The summed E-state index contributed by atoms with van der Waals surface area (Å²) in [6, 6.07) is 13.0. The highest BCUT2D eigenvalue weighted by atomic mass is 32.2. The molecule has 5 nitrogen and oxygen atoms in total. The summed E-state index contributed by atoms with van der Waals surface area (Å²) in [4.78, 5) is 0. The first-order valence-corrected chi connectivity index (χ1v) is 9.07. The third-order valence-corrected chi connectivity index (χ3v) is 5.37. The van der Waals surface area contributed by atoms with Gasteiger partial charge in [-0.25, -0.2) is 4.31 Å². The Kier molecular flexibility index (Phi) is 4.17. The van der Waals surface area contributed by atoms with Gasteiger partial charge in [0, 0.05) is 0 Å². The molecule has 0 spiro atoms. The molecule has 1 aliphatic heterocycles. The molecular formula is C17H20N2O3S. The summed E-state index contributed by atoms with van der Waals surface area (Å²) in [7, 11) is -3.70. The summed E-state index contributed by atoms with van der Waals surface area (Å²) in [5.41, 5.74) is 3.13. The summed E-state index contributed by atoms with van der Waals surface area (Å²) >= 11 is 0. The fourth-order valence-corrected chi connectivity index (χ4v) is 4.13. The van der Waals surface area contributed by atoms with Crippen LogP contribution in [0.15, 0.2) is 42.5 Å². The Balaban J connectivity index is 1.98. The molecular weight excluding hydrogens is 312 g/mol. The van der Waals surface area contributed by atoms with Crippen molar-refractivity contribution in [1.82, 2.24) is 0 Å². The van der Waals surface area contributed by atoms with E-state index in [0.29, 0.717) is 30.3 Å². The van der Waals surface area contributed by atoms with E-state index in [9.17, 15) is 8.42 Å². The largest absolute Gasteiger partial charge is 0.489 e. The second kappa shape index (κ2) is 6.12. The van der Waals surface area contributed by atoms with Crippen molar-refractivity contribution >= 4 is 21.6 Å². The van der Waals surface area contributed by atoms with Crippen LogP contribution in [0.4, 0.5) is 11.4 Å². The lowest BCUT2D eigenvalue weighted by Crippen LogP contribution is -2.41. The van der Waals surface area contributed by atoms with Crippen molar-refractivity contribution in [2.75, 3.05) is 22.2 Å². The minimum atomic E-state index is -3.70. The maximum atomic E-state index is 12.9. The number of para-hydroxylation sites is 3. The van der Waals surface area contributed by atoms with Crippen molar-refractivity contribution < 1.29 is 13.2 Å². The van der Waals surface area contributed by atoms with Crippen molar-refractivity contribution in [2.45, 2.75) is 20.3 Å². The van der Waals surface area contributed by atoms with Crippen molar-refractivity contribution in [1.29, 1.82) is 0 Å². The summed E-state index contributed by atoms with van der Waals surface area (Å²) in [5, 5.41) is 0. The van der Waals surface area contributed by atoms with Gasteiger partial charge in [0.15, 0.2) is 0 Å². The lowest BCUT2D eigenvalue weighted by molar-refractivity contribution is 0.316. The summed E-state index contributed by atoms with van der Waals surface area (Å²) < 4.78 is 35.5. The fraction of sp³-hybridized carbons (Fsp3) is 0.294. The van der Waals surface area contributed by atoms with Crippen LogP contribution >= 0.6 is 0 Å². The predicted octanol–water partition coefficient (Wildman–Crippen LogP) is 3.11. The molecule has 0 aromatic heterocycles. The first-order chi connectivity index (χ1) is 11.0. The van der Waals surface area contributed by atoms with Gasteiger partial charge in [-0.1, -0.05) is 37.3 Å². The number of hydrogen-bond donors (Lipinski definition) is 1. The number of fused-ring (bicyclic) bond motifs is 1. The van der Waals surface area contributed by atoms with E-state index in [2.05, 4.69) is 4.72 Å². The number of hydrogen-bond acceptors (Lipinski definition) is 3. The van der Waals surface area contributed by atoms with Gasteiger partial charge >= 0.3 is 10.2 Å². The van der Waals surface area contributed by atoms with Crippen LogP contribution in [0.1, 0.15) is 18.1 Å². The van der Waals surface area contributed by atoms with Crippen LogP contribution < -0.4 is 13.8 Å². The minimum absolute atomic E-state index is 0.291. The van der Waals surface area contributed by atoms with E-state index in [-0.39, 0.29) is 0 Å². The van der Waals surface area contributed by atoms with Gasteiger partial charge in [-0.15, -0.1) is 0 Å². The quantitative estimate of drug-likeness (QED) is 0.936. The lowest BCUT2D eigenvalue weighted by Gasteiger charge is -2.31. The normalized spacial score (nSPS) is 14.1. The zero-order chi connectivity index (χ0) is 16.4. The highest BCUT2D eigenvalue weighted by molar-refractivity contribution is 7.94. The second-order valence-electron chi connectivity index (χ2n) is 5.46. The van der Waals surface area contributed by atoms with Gasteiger partial charge < -0.3 is 4.74 Å². The molecule has 0 fully saturated rings. The molecule has 6 heteroatoms. The van der Waals surface area contributed by atoms with Crippen molar-refractivity contribution in [3.8, 4) is 5.75 Å². The lowest BCUT2D eigenvalue weighted by atomic mass is 10.1. The van der Waals surface area contributed by atoms with E-state index in [1.54, 1.807) is 18.2 Å². The van der Waals surface area contributed by atoms with Gasteiger partial charge in [-0.3, -0.25) is 4.72 Å². The average molecular weight is 332 g/mol. The second-order valence-corrected chi connectivity index (χ2v) is 7.05. The molecule has 0 radical (unpaired) electrons. The van der Waals surface area contributed by atoms with Gasteiger partial charge in [-0.05, 0) is 36.6 Å². The molecule has 1 heterocycles. The van der Waals surface area contributed by atoms with Gasteiger partial charge in [0.05, 0.1) is 17.9 Å². The van der Waals surface area contributed by atoms with E-state index in [1.807, 2.05) is 38.1 Å². The van der Waals surface area contributed by atoms with Crippen molar-refractivity contribution in [3.63, 3.8) is 0 Å². The predicted molar refractivity (Wildman–Crippen MR) is 92.4 cm³/mol. The Morgan fingerprint density at radius 2 is 1.96 bits per heavy atom. The van der Waals surface area contributed by atoms with Crippen LogP contribution in [-0.2, 0) is 16.6 Å². The van der Waals surface area contributed by atoms with Gasteiger partial charge in [0.1, 0.15) is 12.4 Å². The van der Waals surface area contributed by atoms with Crippen LogP contribution in [0, 0.1) is 6.92 Å². The monoisotopic (exact) mass is 332 g/mol. The van der Waals surface area contributed by atoms with Crippen LogP contribution in [-0.4, -0.2) is 21.6 Å². The van der Waals surface area contributed by atoms with Gasteiger partial charge in [-0.2, -0.15) is 8.42 Å². The molecule has 0 saturated heterocycles. The van der Waals surface area contributed by atoms with Crippen LogP contribution in [0.2, 0.25) is 0 Å². The third kappa shape index (κ3) is 2.99. The highest BCUT2D eigenvalue weighted by Gasteiger charge is 2.29. The third-order valence-electron chi connectivity index (χ3n) is 3.95. The molecule has 23 heavy (non-hydrogen) atoms. The van der Waals surface area contributed by atoms with E-state index < -0.39 is 10.2 Å². The van der Waals surface area contributed by atoms with E-state index >= 15 is 0 Å². The van der Waals surface area contributed by atoms with E-state index in [0.717, 1.165) is 17.5 Å². The molecule has 0 amide bonds. The molecule has 122 valence electrons. The molecule has 1 N–H and O–H groups in total. The Hall–Kier alpha value is -2.21. The molecule has 0 bridgehead atoms. The maximum Gasteiger partial charge on any atom is 0.324 e. The molecule has 3 rings (SSSR count). The fourth-order valence-electron chi connectivity index (χ4n) is 2.75. The highest BCUT2D eigenvalue weighted by Crippen LogP contribution is 2.34.